The monoisotopic (exact) mass is 245 g/mol. The molecule has 0 aromatic carbocycles. The van der Waals surface area contributed by atoms with Crippen molar-refractivity contribution >= 4 is 16.8 Å². The van der Waals surface area contributed by atoms with Gasteiger partial charge in [0.25, 0.3) is 0 Å². The normalized spacial score (nSPS) is 14.6. The van der Waals surface area contributed by atoms with Gasteiger partial charge in [0.15, 0.2) is 0 Å². The smallest absolute Gasteiger partial charge is 0.371 e. The molecule has 0 fully saturated rings. The molecule has 0 bridgehead atoms. The van der Waals surface area contributed by atoms with E-state index in [0.29, 0.717) is 18.8 Å². The highest BCUT2D eigenvalue weighted by Gasteiger charge is 2.09. The zero-order valence-corrected chi connectivity index (χ0v) is 10.0. The minimum absolute atomic E-state index is 0.0638. The first-order valence-corrected chi connectivity index (χ1v) is 6.47. The van der Waals surface area contributed by atoms with Gasteiger partial charge < -0.3 is 14.8 Å². The summed E-state index contributed by atoms with van der Waals surface area (Å²) in [5, 5.41) is 11.7. The first kappa shape index (κ1) is 12.9. The van der Waals surface area contributed by atoms with E-state index in [0.717, 1.165) is 0 Å². The predicted molar refractivity (Wildman–Crippen MR) is 60.9 cm³/mol. The van der Waals surface area contributed by atoms with E-state index in [-0.39, 0.29) is 11.0 Å². The Hall–Kier alpha value is -1.14. The van der Waals surface area contributed by atoms with E-state index in [9.17, 15) is 9.00 Å². The summed E-state index contributed by atoms with van der Waals surface area (Å²) < 4.78 is 16.1. The quantitative estimate of drug-likeness (QED) is 0.776. The molecule has 2 N–H and O–H groups in total. The van der Waals surface area contributed by atoms with Crippen LogP contribution in [0.2, 0.25) is 0 Å². The van der Waals surface area contributed by atoms with Crippen LogP contribution in [0.1, 0.15) is 23.2 Å². The third kappa shape index (κ3) is 3.79. The summed E-state index contributed by atoms with van der Waals surface area (Å²) in [7, 11) is -0.858. The Bertz CT molecular complexity index is 388. The number of rotatable bonds is 6. The van der Waals surface area contributed by atoms with Gasteiger partial charge in [0.05, 0.1) is 6.54 Å². The Morgan fingerprint density at radius 3 is 2.81 bits per heavy atom. The van der Waals surface area contributed by atoms with Gasteiger partial charge in [-0.2, -0.15) is 0 Å². The second kappa shape index (κ2) is 5.81. The van der Waals surface area contributed by atoms with Crippen molar-refractivity contribution in [3.8, 4) is 0 Å². The summed E-state index contributed by atoms with van der Waals surface area (Å²) in [5.41, 5.74) is 0. The van der Waals surface area contributed by atoms with E-state index in [4.69, 9.17) is 9.52 Å². The average molecular weight is 245 g/mol. The van der Waals surface area contributed by atoms with E-state index in [2.05, 4.69) is 5.32 Å². The van der Waals surface area contributed by atoms with Crippen LogP contribution in [0, 0.1) is 0 Å². The van der Waals surface area contributed by atoms with Gasteiger partial charge in [0.2, 0.25) is 5.76 Å². The van der Waals surface area contributed by atoms with Gasteiger partial charge in [-0.15, -0.1) is 0 Å². The van der Waals surface area contributed by atoms with Crippen LogP contribution in [0.3, 0.4) is 0 Å². The molecule has 1 aromatic rings. The zero-order valence-electron chi connectivity index (χ0n) is 9.23. The van der Waals surface area contributed by atoms with Crippen LogP contribution in [0.4, 0.5) is 0 Å². The fraction of sp³-hybridized carbons (Fsp3) is 0.500. The predicted octanol–water partition coefficient (Wildman–Crippen LogP) is 0.834. The van der Waals surface area contributed by atoms with Gasteiger partial charge >= 0.3 is 5.97 Å². The zero-order chi connectivity index (χ0) is 12.1. The SMILES string of the molecule is CC(CNCc1ccc(C(=O)O)o1)S(C)=O. The lowest BCUT2D eigenvalue weighted by Crippen LogP contribution is -2.26. The first-order valence-electron chi connectivity index (χ1n) is 4.85. The Balaban J connectivity index is 2.37. The number of aromatic carboxylic acids is 1. The molecule has 5 nitrogen and oxygen atoms in total. The van der Waals surface area contributed by atoms with Crippen molar-refractivity contribution in [3.05, 3.63) is 23.7 Å². The maximum atomic E-state index is 11.0. The van der Waals surface area contributed by atoms with Crippen LogP contribution >= 0.6 is 0 Å². The Morgan fingerprint density at radius 1 is 1.62 bits per heavy atom. The Labute approximate surface area is 96.3 Å². The highest BCUT2D eigenvalue weighted by molar-refractivity contribution is 7.84. The molecule has 0 aliphatic rings. The molecule has 1 aromatic heterocycles. The number of hydrogen-bond acceptors (Lipinski definition) is 4. The summed E-state index contributed by atoms with van der Waals surface area (Å²) in [5.74, 6) is -0.579. The van der Waals surface area contributed by atoms with Gasteiger partial charge in [-0.05, 0) is 19.1 Å². The second-order valence-corrected chi connectivity index (χ2v) is 5.31. The lowest BCUT2D eigenvalue weighted by molar-refractivity contribution is 0.0660. The van der Waals surface area contributed by atoms with Gasteiger partial charge in [0.1, 0.15) is 5.76 Å². The summed E-state index contributed by atoms with van der Waals surface area (Å²) in [4.78, 5) is 10.5. The van der Waals surface area contributed by atoms with Crippen LogP contribution < -0.4 is 5.32 Å². The van der Waals surface area contributed by atoms with E-state index in [1.807, 2.05) is 6.92 Å². The van der Waals surface area contributed by atoms with Gasteiger partial charge in [-0.25, -0.2) is 4.79 Å². The van der Waals surface area contributed by atoms with Crippen LogP contribution in [0.15, 0.2) is 16.5 Å². The Kier molecular flexibility index (Phi) is 4.70. The van der Waals surface area contributed by atoms with E-state index >= 15 is 0 Å². The second-order valence-electron chi connectivity index (χ2n) is 3.51. The number of hydrogen-bond donors (Lipinski definition) is 2. The number of carboxylic acid groups (broad SMARTS) is 1. The molecule has 90 valence electrons. The van der Waals surface area contributed by atoms with Crippen molar-refractivity contribution in [1.29, 1.82) is 0 Å². The topological polar surface area (TPSA) is 79.5 Å². The van der Waals surface area contributed by atoms with E-state index in [1.54, 1.807) is 12.3 Å². The molecular weight excluding hydrogens is 230 g/mol. The molecule has 0 saturated carbocycles. The maximum absolute atomic E-state index is 11.0. The number of furan rings is 1. The van der Waals surface area contributed by atoms with Gasteiger partial charge in [-0.1, -0.05) is 0 Å². The van der Waals surface area contributed by atoms with Crippen LogP contribution in [-0.4, -0.2) is 33.3 Å². The number of nitrogens with one attached hydrogen (secondary N) is 1. The van der Waals surface area contributed by atoms with E-state index in [1.165, 1.54) is 6.07 Å². The molecule has 0 aliphatic carbocycles. The standard InChI is InChI=1S/C10H15NO4S/c1-7(16(2)14)5-11-6-8-3-4-9(15-8)10(12)13/h3-4,7,11H,5-6H2,1-2H3,(H,12,13). The van der Waals surface area contributed by atoms with Crippen molar-refractivity contribution in [3.63, 3.8) is 0 Å². The molecule has 6 heteroatoms. The minimum Gasteiger partial charge on any atom is -0.475 e. The van der Waals surface area contributed by atoms with E-state index < -0.39 is 16.8 Å². The largest absolute Gasteiger partial charge is 0.475 e. The summed E-state index contributed by atoms with van der Waals surface area (Å²) in [6.07, 6.45) is 1.65. The third-order valence-electron chi connectivity index (χ3n) is 2.17. The van der Waals surface area contributed by atoms with Crippen LogP contribution in [0.25, 0.3) is 0 Å². The minimum atomic E-state index is -1.07. The molecule has 0 saturated heterocycles. The molecule has 1 heterocycles. The van der Waals surface area contributed by atoms with Crippen molar-refractivity contribution in [2.45, 2.75) is 18.7 Å². The molecule has 16 heavy (non-hydrogen) atoms. The Morgan fingerprint density at radius 2 is 2.31 bits per heavy atom. The average Bonchev–Trinajstić information content (AvgIpc) is 2.66. The lowest BCUT2D eigenvalue weighted by Gasteiger charge is -2.08. The third-order valence-corrected chi connectivity index (χ3v) is 3.47. The van der Waals surface area contributed by atoms with Crippen molar-refractivity contribution in [2.75, 3.05) is 12.8 Å². The molecule has 0 radical (unpaired) electrons. The first-order chi connectivity index (χ1) is 7.50. The molecule has 0 amide bonds. The fourth-order valence-corrected chi connectivity index (χ4v) is 1.46. The molecule has 1 rings (SSSR count). The van der Waals surface area contributed by atoms with Gasteiger partial charge in [-0.3, -0.25) is 4.21 Å². The lowest BCUT2D eigenvalue weighted by atomic mass is 10.4. The summed E-state index contributed by atoms with van der Waals surface area (Å²) >= 11 is 0. The number of carboxylic acids is 1. The molecule has 2 unspecified atom stereocenters. The van der Waals surface area contributed by atoms with Crippen LogP contribution in [-0.2, 0) is 17.3 Å². The highest BCUT2D eigenvalue weighted by atomic mass is 32.2. The molecule has 0 aliphatic heterocycles. The van der Waals surface area contributed by atoms with Crippen LogP contribution in [0.5, 0.6) is 0 Å². The molecular formula is C10H15NO4S. The maximum Gasteiger partial charge on any atom is 0.371 e. The van der Waals surface area contributed by atoms with Crippen molar-refractivity contribution in [1.82, 2.24) is 5.32 Å². The van der Waals surface area contributed by atoms with Crippen molar-refractivity contribution < 1.29 is 18.5 Å². The van der Waals surface area contributed by atoms with Crippen molar-refractivity contribution in [2.24, 2.45) is 0 Å². The summed E-state index contributed by atoms with van der Waals surface area (Å²) in [6.45, 7) is 2.93. The summed E-state index contributed by atoms with van der Waals surface area (Å²) in [6, 6.07) is 3.03. The molecule has 2 atom stereocenters. The van der Waals surface area contributed by atoms with Gasteiger partial charge in [0, 0.05) is 28.9 Å². The fourth-order valence-electron chi connectivity index (χ4n) is 1.10. The highest BCUT2D eigenvalue weighted by Crippen LogP contribution is 2.07. The number of carbonyl (C=O) groups is 1. The molecule has 0 spiro atoms.